The van der Waals surface area contributed by atoms with Gasteiger partial charge in [0.25, 0.3) is 0 Å². The van der Waals surface area contributed by atoms with E-state index in [0.717, 1.165) is 0 Å². The average Bonchev–Trinajstić information content (AvgIpc) is 2.18. The number of nitriles is 1. The lowest BCUT2D eigenvalue weighted by Crippen LogP contribution is -1.84. The lowest BCUT2D eigenvalue weighted by molar-refractivity contribution is 0.474. The predicted molar refractivity (Wildman–Crippen MR) is 50.3 cm³/mol. The Balaban J connectivity index is 2.97. The number of phenolic OH excluding ortho intramolecular Hbond substituents is 1. The fourth-order valence-corrected chi connectivity index (χ4v) is 1.43. The van der Waals surface area contributed by atoms with Gasteiger partial charge in [0, 0.05) is 10.8 Å². The van der Waals surface area contributed by atoms with E-state index in [1.807, 2.05) is 6.07 Å². The summed E-state index contributed by atoms with van der Waals surface area (Å²) in [5.74, 6) is -0.510. The van der Waals surface area contributed by atoms with Gasteiger partial charge in [0.05, 0.1) is 0 Å². The largest absolute Gasteiger partial charge is 0.507 e. The van der Waals surface area contributed by atoms with E-state index in [-0.39, 0.29) is 17.1 Å². The van der Waals surface area contributed by atoms with Gasteiger partial charge in [-0.2, -0.15) is 5.26 Å². The molecule has 14 heavy (non-hydrogen) atoms. The van der Waals surface area contributed by atoms with Gasteiger partial charge in [0.2, 0.25) is 0 Å². The smallest absolute Gasteiger partial charge is 0.133 e. The molecule has 68 valence electrons. The van der Waals surface area contributed by atoms with Crippen molar-refractivity contribution in [3.05, 3.63) is 41.7 Å². The Morgan fingerprint density at radius 2 is 1.93 bits per heavy atom. The van der Waals surface area contributed by atoms with Crippen molar-refractivity contribution >= 4 is 10.8 Å². The van der Waals surface area contributed by atoms with Gasteiger partial charge in [-0.3, -0.25) is 0 Å². The number of rotatable bonds is 0. The average molecular weight is 187 g/mol. The van der Waals surface area contributed by atoms with Gasteiger partial charge >= 0.3 is 0 Å². The molecular formula is C11H6FNO. The molecule has 3 heteroatoms. The highest BCUT2D eigenvalue weighted by Crippen LogP contribution is 2.27. The molecule has 0 aromatic heterocycles. The first-order valence-corrected chi connectivity index (χ1v) is 4.04. The van der Waals surface area contributed by atoms with Crippen LogP contribution in [0.4, 0.5) is 4.39 Å². The third-order valence-corrected chi connectivity index (χ3v) is 2.10. The second kappa shape index (κ2) is 3.00. The van der Waals surface area contributed by atoms with Crippen LogP contribution in [0.5, 0.6) is 5.75 Å². The third kappa shape index (κ3) is 1.09. The second-order valence-corrected chi connectivity index (χ2v) is 2.91. The first kappa shape index (κ1) is 8.52. The van der Waals surface area contributed by atoms with Crippen LogP contribution in [-0.2, 0) is 0 Å². The fraction of sp³-hybridized carbons (Fsp3) is 0. The molecule has 0 atom stereocenters. The van der Waals surface area contributed by atoms with Crippen molar-refractivity contribution < 1.29 is 9.50 Å². The van der Waals surface area contributed by atoms with Crippen LogP contribution >= 0.6 is 0 Å². The summed E-state index contributed by atoms with van der Waals surface area (Å²) >= 11 is 0. The van der Waals surface area contributed by atoms with Crippen molar-refractivity contribution in [2.45, 2.75) is 0 Å². The molecule has 0 aliphatic carbocycles. The van der Waals surface area contributed by atoms with Crippen LogP contribution in [0, 0.1) is 17.1 Å². The predicted octanol–water partition coefficient (Wildman–Crippen LogP) is 2.56. The third-order valence-electron chi connectivity index (χ3n) is 2.10. The molecule has 0 spiro atoms. The Hall–Kier alpha value is -2.08. The summed E-state index contributed by atoms with van der Waals surface area (Å²) in [5, 5.41) is 18.9. The van der Waals surface area contributed by atoms with Crippen LogP contribution in [0.25, 0.3) is 10.8 Å². The van der Waals surface area contributed by atoms with Crippen LogP contribution in [0.1, 0.15) is 5.56 Å². The Morgan fingerprint density at radius 3 is 2.64 bits per heavy atom. The second-order valence-electron chi connectivity index (χ2n) is 2.91. The number of nitrogens with zero attached hydrogens (tertiary/aromatic N) is 1. The molecule has 0 saturated heterocycles. The van der Waals surface area contributed by atoms with Gasteiger partial charge in [-0.25, -0.2) is 4.39 Å². The van der Waals surface area contributed by atoms with Gasteiger partial charge in [0.15, 0.2) is 0 Å². The van der Waals surface area contributed by atoms with Gasteiger partial charge in [-0.05, 0) is 18.2 Å². The lowest BCUT2D eigenvalue weighted by atomic mass is 10.0. The number of aromatic hydroxyl groups is 1. The summed E-state index contributed by atoms with van der Waals surface area (Å²) in [6, 6.07) is 9.07. The minimum Gasteiger partial charge on any atom is -0.507 e. The molecule has 0 bridgehead atoms. The van der Waals surface area contributed by atoms with Gasteiger partial charge in [-0.15, -0.1) is 0 Å². The zero-order valence-electron chi connectivity index (χ0n) is 7.16. The molecule has 0 amide bonds. The zero-order chi connectivity index (χ0) is 10.1. The van der Waals surface area contributed by atoms with Crippen molar-refractivity contribution in [1.82, 2.24) is 0 Å². The molecule has 2 nitrogen and oxygen atoms in total. The van der Waals surface area contributed by atoms with Crippen molar-refractivity contribution in [3.8, 4) is 11.8 Å². The Morgan fingerprint density at radius 1 is 1.14 bits per heavy atom. The molecule has 0 unspecified atom stereocenters. The molecule has 0 aliphatic rings. The SMILES string of the molecule is N#Cc1c(O)ccc2c(F)cccc12. The minimum atomic E-state index is -0.390. The first-order valence-electron chi connectivity index (χ1n) is 4.04. The summed E-state index contributed by atoms with van der Waals surface area (Å²) in [7, 11) is 0. The maximum absolute atomic E-state index is 13.2. The number of benzene rings is 2. The van der Waals surface area contributed by atoms with E-state index in [0.29, 0.717) is 10.8 Å². The van der Waals surface area contributed by atoms with Gasteiger partial charge < -0.3 is 5.11 Å². The van der Waals surface area contributed by atoms with Crippen molar-refractivity contribution in [3.63, 3.8) is 0 Å². The van der Waals surface area contributed by atoms with Crippen molar-refractivity contribution in [2.24, 2.45) is 0 Å². The van der Waals surface area contributed by atoms with E-state index in [1.165, 1.54) is 24.3 Å². The van der Waals surface area contributed by atoms with Gasteiger partial charge in [-0.1, -0.05) is 12.1 Å². The lowest BCUT2D eigenvalue weighted by Gasteiger charge is -2.02. The van der Waals surface area contributed by atoms with E-state index >= 15 is 0 Å². The minimum absolute atomic E-state index is 0.113. The van der Waals surface area contributed by atoms with Crippen LogP contribution in [0.2, 0.25) is 0 Å². The van der Waals surface area contributed by atoms with Gasteiger partial charge in [0.1, 0.15) is 23.2 Å². The number of halogens is 1. The van der Waals surface area contributed by atoms with E-state index in [2.05, 4.69) is 0 Å². The topological polar surface area (TPSA) is 44.0 Å². The molecule has 2 aromatic rings. The summed E-state index contributed by atoms with van der Waals surface area (Å²) in [6.07, 6.45) is 0. The summed E-state index contributed by atoms with van der Waals surface area (Å²) in [6.45, 7) is 0. The number of phenols is 1. The molecule has 2 aromatic carbocycles. The molecule has 0 fully saturated rings. The Bertz CT molecular complexity index is 543. The fourth-order valence-electron chi connectivity index (χ4n) is 1.43. The quantitative estimate of drug-likeness (QED) is 0.688. The summed E-state index contributed by atoms with van der Waals surface area (Å²) in [4.78, 5) is 0. The molecule has 0 heterocycles. The molecule has 0 saturated carbocycles. The number of hydrogen-bond acceptors (Lipinski definition) is 2. The molecule has 1 N–H and O–H groups in total. The number of fused-ring (bicyclic) bond motifs is 1. The molecule has 2 rings (SSSR count). The normalized spacial score (nSPS) is 10.0. The summed E-state index contributed by atoms with van der Waals surface area (Å²) < 4.78 is 13.2. The highest BCUT2D eigenvalue weighted by molar-refractivity contribution is 5.90. The van der Waals surface area contributed by atoms with Crippen LogP contribution in [-0.4, -0.2) is 5.11 Å². The number of hydrogen-bond donors (Lipinski definition) is 1. The molecule has 0 aliphatic heterocycles. The standard InChI is InChI=1S/C11H6FNO/c12-10-3-1-2-7-8(10)4-5-11(14)9(7)6-13/h1-5,14H. The molecular weight excluding hydrogens is 181 g/mol. The van der Waals surface area contributed by atoms with E-state index in [9.17, 15) is 9.50 Å². The van der Waals surface area contributed by atoms with E-state index in [1.54, 1.807) is 6.07 Å². The molecule has 0 radical (unpaired) electrons. The highest BCUT2D eigenvalue weighted by Gasteiger charge is 2.08. The Kier molecular flexibility index (Phi) is 1.83. The van der Waals surface area contributed by atoms with E-state index < -0.39 is 0 Å². The Labute approximate surface area is 79.8 Å². The zero-order valence-corrected chi connectivity index (χ0v) is 7.16. The maximum atomic E-state index is 13.2. The monoisotopic (exact) mass is 187 g/mol. The van der Waals surface area contributed by atoms with Crippen molar-refractivity contribution in [1.29, 1.82) is 5.26 Å². The van der Waals surface area contributed by atoms with Crippen LogP contribution in [0.15, 0.2) is 30.3 Å². The van der Waals surface area contributed by atoms with E-state index in [4.69, 9.17) is 5.26 Å². The summed E-state index contributed by atoms with van der Waals surface area (Å²) in [5.41, 5.74) is 0.113. The van der Waals surface area contributed by atoms with Crippen LogP contribution in [0.3, 0.4) is 0 Å². The maximum Gasteiger partial charge on any atom is 0.133 e. The highest BCUT2D eigenvalue weighted by atomic mass is 19.1. The van der Waals surface area contributed by atoms with Crippen molar-refractivity contribution in [2.75, 3.05) is 0 Å². The van der Waals surface area contributed by atoms with Crippen LogP contribution < -0.4 is 0 Å². The first-order chi connectivity index (χ1) is 6.74.